The zero-order chi connectivity index (χ0) is 32.5. The molecule has 0 heterocycles. The number of rotatable bonds is 19. The fourth-order valence-electron chi connectivity index (χ4n) is 5.09. The number of carbonyl (C=O) groups is 2. The molecule has 0 radical (unpaired) electrons. The third-order valence-electron chi connectivity index (χ3n) is 7.60. The van der Waals surface area contributed by atoms with Crippen molar-refractivity contribution in [1.29, 1.82) is 0 Å². The van der Waals surface area contributed by atoms with Crippen molar-refractivity contribution in [1.82, 2.24) is 15.5 Å². The first-order chi connectivity index (χ1) is 21.7. The number of halogens is 1. The maximum atomic E-state index is 13.5. The van der Waals surface area contributed by atoms with E-state index in [9.17, 15) is 9.59 Å². The highest BCUT2D eigenvalue weighted by Crippen LogP contribution is 2.26. The third kappa shape index (κ3) is 13.1. The van der Waals surface area contributed by atoms with E-state index in [2.05, 4.69) is 53.0 Å². The Hall–Kier alpha value is -3.62. The van der Waals surface area contributed by atoms with Crippen molar-refractivity contribution in [2.75, 3.05) is 45.3 Å². The quantitative estimate of drug-likeness (QED) is 0.114. The van der Waals surface area contributed by atoms with Gasteiger partial charge in [-0.15, -0.1) is 0 Å². The lowest BCUT2D eigenvalue weighted by Crippen LogP contribution is -2.45. The molecular formula is C36H50ClN5O3. The van der Waals surface area contributed by atoms with E-state index in [0.717, 1.165) is 36.9 Å². The highest BCUT2D eigenvalue weighted by molar-refractivity contribution is 6.32. The van der Waals surface area contributed by atoms with Crippen LogP contribution in [0.1, 0.15) is 75.2 Å². The summed E-state index contributed by atoms with van der Waals surface area (Å²) in [5.74, 6) is 0.628. The van der Waals surface area contributed by atoms with Crippen molar-refractivity contribution in [3.63, 3.8) is 0 Å². The Morgan fingerprint density at radius 3 is 2.60 bits per heavy atom. The van der Waals surface area contributed by atoms with Crippen LogP contribution in [-0.4, -0.2) is 62.9 Å². The number of aliphatic imine (C=N–C) groups is 1. The Balaban J connectivity index is 1.55. The second-order valence-corrected chi connectivity index (χ2v) is 12.5. The van der Waals surface area contributed by atoms with Crippen molar-refractivity contribution in [3.05, 3.63) is 82.4 Å². The lowest BCUT2D eigenvalue weighted by Gasteiger charge is -2.33. The molecule has 0 aromatic heterocycles. The van der Waals surface area contributed by atoms with Gasteiger partial charge in [-0.25, -0.2) is 0 Å². The van der Waals surface area contributed by atoms with Crippen LogP contribution < -0.4 is 20.7 Å². The first-order valence-electron chi connectivity index (χ1n) is 16.0. The lowest BCUT2D eigenvalue weighted by atomic mass is 9.92. The molecule has 0 atom stereocenters. The summed E-state index contributed by atoms with van der Waals surface area (Å²) >= 11 is 6.50. The van der Waals surface area contributed by atoms with Crippen molar-refractivity contribution in [3.8, 4) is 5.75 Å². The van der Waals surface area contributed by atoms with E-state index in [4.69, 9.17) is 16.3 Å². The minimum absolute atomic E-state index is 0.125. The van der Waals surface area contributed by atoms with Crippen LogP contribution in [0.2, 0.25) is 5.02 Å². The first kappa shape index (κ1) is 35.9. The van der Waals surface area contributed by atoms with Crippen LogP contribution in [0.25, 0.3) is 0 Å². The zero-order valence-corrected chi connectivity index (χ0v) is 28.1. The summed E-state index contributed by atoms with van der Waals surface area (Å²) < 4.78 is 6.01. The number of anilines is 1. The molecule has 0 bridgehead atoms. The number of carbonyl (C=O) groups excluding carboxylic acids is 2. The van der Waals surface area contributed by atoms with E-state index < -0.39 is 0 Å². The standard InChI is InChI=1S/C36H50ClN5O3/c1-5-39-27-40-24-29-15-20-33(32(37)23-29)45-22-10-21-42(34(43)14-9-13-28-11-7-6-8-12-28)26-36(2,3)25-41-35(44)30-16-18-31(38-4)19-17-30/h5,7,11-12,15-20,23,38,40H,6,8-10,13-14,21-22,24-27H2,1-4H3,(H,41,44)/b39-5-. The van der Waals surface area contributed by atoms with Gasteiger partial charge in [0.1, 0.15) is 5.75 Å². The summed E-state index contributed by atoms with van der Waals surface area (Å²) in [4.78, 5) is 32.4. The van der Waals surface area contributed by atoms with Crippen LogP contribution in [0.3, 0.4) is 0 Å². The second kappa shape index (κ2) is 19.0. The molecule has 45 heavy (non-hydrogen) atoms. The molecule has 3 rings (SSSR count). The Morgan fingerprint density at radius 1 is 1.11 bits per heavy atom. The first-order valence-corrected chi connectivity index (χ1v) is 16.3. The van der Waals surface area contributed by atoms with E-state index in [1.807, 2.05) is 49.2 Å². The normalized spacial score (nSPS) is 13.0. The van der Waals surface area contributed by atoms with Gasteiger partial charge in [-0.2, -0.15) is 0 Å². The summed E-state index contributed by atoms with van der Waals surface area (Å²) in [6.07, 6.45) is 13.4. The van der Waals surface area contributed by atoms with Gasteiger partial charge in [0.25, 0.3) is 5.91 Å². The minimum atomic E-state index is -0.332. The molecule has 244 valence electrons. The van der Waals surface area contributed by atoms with E-state index in [-0.39, 0.29) is 17.2 Å². The maximum Gasteiger partial charge on any atom is 0.251 e. The van der Waals surface area contributed by atoms with E-state index in [1.54, 1.807) is 18.3 Å². The Morgan fingerprint density at radius 2 is 1.91 bits per heavy atom. The molecule has 1 aliphatic carbocycles. The summed E-state index contributed by atoms with van der Waals surface area (Å²) in [5, 5.41) is 9.92. The molecule has 0 saturated carbocycles. The third-order valence-corrected chi connectivity index (χ3v) is 7.90. The molecule has 0 saturated heterocycles. The van der Waals surface area contributed by atoms with Gasteiger partial charge in [0.05, 0.1) is 18.3 Å². The van der Waals surface area contributed by atoms with Crippen LogP contribution in [-0.2, 0) is 11.3 Å². The van der Waals surface area contributed by atoms with Crippen molar-refractivity contribution in [2.24, 2.45) is 10.4 Å². The highest BCUT2D eigenvalue weighted by atomic mass is 35.5. The molecular weight excluding hydrogens is 586 g/mol. The van der Waals surface area contributed by atoms with Crippen LogP contribution >= 0.6 is 11.6 Å². The smallest absolute Gasteiger partial charge is 0.251 e. The number of nitrogens with one attached hydrogen (secondary N) is 3. The SMILES string of the molecule is C/C=N\CNCc1ccc(OCCCN(CC(C)(C)CNC(=O)c2ccc(NC)cc2)C(=O)CCCC2=CCCC=C2)c(Cl)c1. The van der Waals surface area contributed by atoms with Gasteiger partial charge >= 0.3 is 0 Å². The number of nitrogens with zero attached hydrogens (tertiary/aromatic N) is 2. The number of hydrogen-bond donors (Lipinski definition) is 3. The van der Waals surface area contributed by atoms with E-state index >= 15 is 0 Å². The topological polar surface area (TPSA) is 95.1 Å². The predicted molar refractivity (Wildman–Crippen MR) is 186 cm³/mol. The Kier molecular flexibility index (Phi) is 15.2. The number of hydrogen-bond acceptors (Lipinski definition) is 6. The monoisotopic (exact) mass is 635 g/mol. The van der Waals surface area contributed by atoms with Gasteiger partial charge in [-0.1, -0.05) is 55.3 Å². The van der Waals surface area contributed by atoms with Gasteiger partial charge in [-0.3, -0.25) is 19.9 Å². The lowest BCUT2D eigenvalue weighted by molar-refractivity contribution is -0.132. The number of benzene rings is 2. The van der Waals surface area contributed by atoms with Crippen LogP contribution in [0.15, 0.2) is 71.3 Å². The molecule has 2 aromatic carbocycles. The fourth-order valence-corrected chi connectivity index (χ4v) is 5.35. The average molecular weight is 636 g/mol. The second-order valence-electron chi connectivity index (χ2n) is 12.1. The average Bonchev–Trinajstić information content (AvgIpc) is 3.04. The van der Waals surface area contributed by atoms with Crippen molar-refractivity contribution >= 4 is 35.3 Å². The summed E-state index contributed by atoms with van der Waals surface area (Å²) in [5.41, 5.74) is 3.59. The highest BCUT2D eigenvalue weighted by Gasteiger charge is 2.26. The Labute approximate surface area is 274 Å². The van der Waals surface area contributed by atoms with Gasteiger partial charge in [0.2, 0.25) is 5.91 Å². The molecule has 0 spiro atoms. The van der Waals surface area contributed by atoms with Gasteiger partial charge in [0.15, 0.2) is 0 Å². The van der Waals surface area contributed by atoms with Crippen LogP contribution in [0.4, 0.5) is 5.69 Å². The van der Waals surface area contributed by atoms with Crippen LogP contribution in [0, 0.1) is 5.41 Å². The summed E-state index contributed by atoms with van der Waals surface area (Å²) in [7, 11) is 1.85. The maximum absolute atomic E-state index is 13.5. The molecule has 9 heteroatoms. The summed E-state index contributed by atoms with van der Waals surface area (Å²) in [6.45, 7) is 9.24. The largest absolute Gasteiger partial charge is 0.492 e. The van der Waals surface area contributed by atoms with E-state index in [0.29, 0.717) is 68.6 Å². The molecule has 1 aliphatic rings. The van der Waals surface area contributed by atoms with Crippen LogP contribution in [0.5, 0.6) is 5.75 Å². The van der Waals surface area contributed by atoms with Crippen molar-refractivity contribution < 1.29 is 14.3 Å². The molecule has 0 aliphatic heterocycles. The molecule has 2 aromatic rings. The molecule has 8 nitrogen and oxygen atoms in total. The van der Waals surface area contributed by atoms with E-state index in [1.165, 1.54) is 5.57 Å². The number of amides is 2. The Bertz CT molecular complexity index is 1320. The predicted octanol–water partition coefficient (Wildman–Crippen LogP) is 7.02. The number of allylic oxidation sites excluding steroid dienone is 4. The number of ether oxygens (including phenoxy) is 1. The fraction of sp³-hybridized carbons (Fsp3) is 0.472. The zero-order valence-electron chi connectivity index (χ0n) is 27.3. The molecule has 3 N–H and O–H groups in total. The minimum Gasteiger partial charge on any atom is -0.492 e. The molecule has 2 amide bonds. The van der Waals surface area contributed by atoms with Crippen molar-refractivity contribution in [2.45, 2.75) is 65.8 Å². The molecule has 0 fully saturated rings. The van der Waals surface area contributed by atoms with Gasteiger partial charge < -0.3 is 20.3 Å². The molecule has 0 unspecified atom stereocenters. The summed E-state index contributed by atoms with van der Waals surface area (Å²) in [6, 6.07) is 13.1. The van der Waals surface area contributed by atoms with Gasteiger partial charge in [0, 0.05) is 50.9 Å². The van der Waals surface area contributed by atoms with Gasteiger partial charge in [-0.05, 0) is 92.6 Å².